The van der Waals surface area contributed by atoms with E-state index < -0.39 is 0 Å². The zero-order chi connectivity index (χ0) is 11.4. The lowest BCUT2D eigenvalue weighted by molar-refractivity contribution is 0.00656. The van der Waals surface area contributed by atoms with Gasteiger partial charge in [-0.2, -0.15) is 0 Å². The molecule has 0 saturated carbocycles. The molecule has 0 amide bonds. The second-order valence-corrected chi connectivity index (χ2v) is 4.31. The van der Waals surface area contributed by atoms with Crippen LogP contribution < -0.4 is 5.32 Å². The second-order valence-electron chi connectivity index (χ2n) is 3.92. The molecular formula is C12H16N2OS. The van der Waals surface area contributed by atoms with Gasteiger partial charge in [-0.15, -0.1) is 0 Å². The fourth-order valence-corrected chi connectivity index (χ4v) is 2.01. The SMILES string of the molecule is CC1CN(C(=S)Nc2ccccc2)CCO1. The van der Waals surface area contributed by atoms with Crippen LogP contribution in [-0.2, 0) is 4.74 Å². The predicted molar refractivity (Wildman–Crippen MR) is 69.6 cm³/mol. The minimum absolute atomic E-state index is 0.254. The van der Waals surface area contributed by atoms with Crippen molar-refractivity contribution in [3.8, 4) is 0 Å². The Bertz CT molecular complexity index is 355. The number of para-hydroxylation sites is 1. The molecule has 1 unspecified atom stereocenters. The Morgan fingerprint density at radius 1 is 1.44 bits per heavy atom. The van der Waals surface area contributed by atoms with Gasteiger partial charge in [0.2, 0.25) is 0 Å². The summed E-state index contributed by atoms with van der Waals surface area (Å²) < 4.78 is 5.48. The van der Waals surface area contributed by atoms with Crippen molar-refractivity contribution in [2.75, 3.05) is 25.0 Å². The molecule has 1 aliphatic heterocycles. The van der Waals surface area contributed by atoms with Gasteiger partial charge in [0, 0.05) is 18.8 Å². The fraction of sp³-hybridized carbons (Fsp3) is 0.417. The van der Waals surface area contributed by atoms with Gasteiger partial charge in [0.05, 0.1) is 12.7 Å². The van der Waals surface area contributed by atoms with Gasteiger partial charge in [0.25, 0.3) is 0 Å². The summed E-state index contributed by atoms with van der Waals surface area (Å²) in [5, 5.41) is 4.01. The van der Waals surface area contributed by atoms with Gasteiger partial charge in [0.1, 0.15) is 0 Å². The van der Waals surface area contributed by atoms with Crippen LogP contribution in [0.5, 0.6) is 0 Å². The molecule has 0 aromatic heterocycles. The average molecular weight is 236 g/mol. The summed E-state index contributed by atoms with van der Waals surface area (Å²) in [4.78, 5) is 2.15. The molecule has 1 aliphatic rings. The second kappa shape index (κ2) is 5.27. The van der Waals surface area contributed by atoms with Crippen LogP contribution in [0, 0.1) is 0 Å². The summed E-state index contributed by atoms with van der Waals surface area (Å²) in [6, 6.07) is 10.00. The molecule has 0 radical (unpaired) electrons. The third kappa shape index (κ3) is 2.93. The molecule has 86 valence electrons. The Hall–Kier alpha value is -1.13. The quantitative estimate of drug-likeness (QED) is 0.755. The minimum Gasteiger partial charge on any atom is -0.375 e. The lowest BCUT2D eigenvalue weighted by atomic mass is 10.3. The number of nitrogens with one attached hydrogen (secondary N) is 1. The van der Waals surface area contributed by atoms with Gasteiger partial charge in [-0.3, -0.25) is 0 Å². The van der Waals surface area contributed by atoms with Crippen molar-refractivity contribution in [1.29, 1.82) is 0 Å². The van der Waals surface area contributed by atoms with E-state index >= 15 is 0 Å². The molecule has 16 heavy (non-hydrogen) atoms. The number of hydrogen-bond acceptors (Lipinski definition) is 2. The first-order valence-electron chi connectivity index (χ1n) is 5.48. The lowest BCUT2D eigenvalue weighted by Crippen LogP contribution is -2.46. The monoisotopic (exact) mass is 236 g/mol. The van der Waals surface area contributed by atoms with Crippen LogP contribution in [0.25, 0.3) is 0 Å². The minimum atomic E-state index is 0.254. The number of hydrogen-bond donors (Lipinski definition) is 1. The van der Waals surface area contributed by atoms with E-state index in [1.165, 1.54) is 0 Å². The maximum atomic E-state index is 5.48. The Morgan fingerprint density at radius 2 is 2.19 bits per heavy atom. The van der Waals surface area contributed by atoms with E-state index in [1.807, 2.05) is 30.3 Å². The summed E-state index contributed by atoms with van der Waals surface area (Å²) in [6.45, 7) is 4.54. The molecule has 1 atom stereocenters. The van der Waals surface area contributed by atoms with Gasteiger partial charge in [0.15, 0.2) is 5.11 Å². The van der Waals surface area contributed by atoms with E-state index in [-0.39, 0.29) is 6.10 Å². The van der Waals surface area contributed by atoms with Crippen LogP contribution in [0.1, 0.15) is 6.92 Å². The molecular weight excluding hydrogens is 220 g/mol. The van der Waals surface area contributed by atoms with E-state index in [1.54, 1.807) is 0 Å². The molecule has 1 aromatic rings. The van der Waals surface area contributed by atoms with Crippen molar-refractivity contribution in [3.05, 3.63) is 30.3 Å². The molecule has 1 fully saturated rings. The summed E-state index contributed by atoms with van der Waals surface area (Å²) >= 11 is 5.37. The number of benzene rings is 1. The van der Waals surface area contributed by atoms with Crippen molar-refractivity contribution in [2.24, 2.45) is 0 Å². The lowest BCUT2D eigenvalue weighted by Gasteiger charge is -2.33. The topological polar surface area (TPSA) is 24.5 Å². The number of thiocarbonyl (C=S) groups is 1. The van der Waals surface area contributed by atoms with Gasteiger partial charge in [-0.25, -0.2) is 0 Å². The number of ether oxygens (including phenoxy) is 1. The number of morpholine rings is 1. The Morgan fingerprint density at radius 3 is 2.88 bits per heavy atom. The zero-order valence-electron chi connectivity index (χ0n) is 9.35. The summed E-state index contributed by atoms with van der Waals surface area (Å²) in [5.41, 5.74) is 1.03. The first-order valence-corrected chi connectivity index (χ1v) is 5.89. The highest BCUT2D eigenvalue weighted by molar-refractivity contribution is 7.80. The van der Waals surface area contributed by atoms with Crippen molar-refractivity contribution in [1.82, 2.24) is 4.90 Å². The highest BCUT2D eigenvalue weighted by Gasteiger charge is 2.18. The van der Waals surface area contributed by atoms with Crippen LogP contribution in [0.4, 0.5) is 5.69 Å². The maximum Gasteiger partial charge on any atom is 0.173 e. The highest BCUT2D eigenvalue weighted by Crippen LogP contribution is 2.10. The predicted octanol–water partition coefficient (Wildman–Crippen LogP) is 2.10. The Balaban J connectivity index is 1.93. The smallest absolute Gasteiger partial charge is 0.173 e. The van der Waals surface area contributed by atoms with E-state index in [2.05, 4.69) is 17.1 Å². The molecule has 2 rings (SSSR count). The van der Waals surface area contributed by atoms with Gasteiger partial charge in [-0.1, -0.05) is 18.2 Å². The molecule has 0 spiro atoms. The molecule has 0 bridgehead atoms. The van der Waals surface area contributed by atoms with Crippen molar-refractivity contribution in [2.45, 2.75) is 13.0 Å². The van der Waals surface area contributed by atoms with Crippen molar-refractivity contribution < 1.29 is 4.74 Å². The van der Waals surface area contributed by atoms with Crippen LogP contribution >= 0.6 is 12.2 Å². The molecule has 1 saturated heterocycles. The first kappa shape index (κ1) is 11.4. The van der Waals surface area contributed by atoms with E-state index in [0.29, 0.717) is 0 Å². The summed E-state index contributed by atoms with van der Waals surface area (Å²) in [6.07, 6.45) is 0.254. The standard InChI is InChI=1S/C12H16N2OS/c1-10-9-14(7-8-15-10)12(16)13-11-5-3-2-4-6-11/h2-6,10H,7-9H2,1H3,(H,13,16). The van der Waals surface area contributed by atoms with E-state index in [4.69, 9.17) is 17.0 Å². The molecule has 4 heteroatoms. The zero-order valence-corrected chi connectivity index (χ0v) is 10.2. The van der Waals surface area contributed by atoms with Crippen molar-refractivity contribution >= 4 is 23.0 Å². The number of nitrogens with zero attached hydrogens (tertiary/aromatic N) is 1. The molecule has 0 aliphatic carbocycles. The van der Waals surface area contributed by atoms with Crippen LogP contribution in [0.2, 0.25) is 0 Å². The number of rotatable bonds is 1. The Labute approximate surface area is 101 Å². The largest absolute Gasteiger partial charge is 0.375 e. The highest BCUT2D eigenvalue weighted by atomic mass is 32.1. The van der Waals surface area contributed by atoms with Crippen molar-refractivity contribution in [3.63, 3.8) is 0 Å². The maximum absolute atomic E-state index is 5.48. The molecule has 1 heterocycles. The van der Waals surface area contributed by atoms with Gasteiger partial charge < -0.3 is 15.0 Å². The fourth-order valence-electron chi connectivity index (χ4n) is 1.73. The van der Waals surface area contributed by atoms with E-state index in [0.717, 1.165) is 30.5 Å². The third-order valence-electron chi connectivity index (χ3n) is 2.55. The Kier molecular flexibility index (Phi) is 3.74. The molecule has 1 N–H and O–H groups in total. The normalized spacial score (nSPS) is 20.6. The summed E-state index contributed by atoms with van der Waals surface area (Å²) in [5.74, 6) is 0. The van der Waals surface area contributed by atoms with Crippen LogP contribution in [0.15, 0.2) is 30.3 Å². The summed E-state index contributed by atoms with van der Waals surface area (Å²) in [7, 11) is 0. The third-order valence-corrected chi connectivity index (χ3v) is 2.91. The van der Waals surface area contributed by atoms with E-state index in [9.17, 15) is 0 Å². The van der Waals surface area contributed by atoms with Crippen LogP contribution in [0.3, 0.4) is 0 Å². The molecule has 3 nitrogen and oxygen atoms in total. The van der Waals surface area contributed by atoms with Crippen LogP contribution in [-0.4, -0.2) is 35.8 Å². The molecule has 1 aromatic carbocycles. The first-order chi connectivity index (χ1) is 7.75. The number of anilines is 1. The van der Waals surface area contributed by atoms with Gasteiger partial charge in [-0.05, 0) is 31.3 Å². The van der Waals surface area contributed by atoms with Gasteiger partial charge >= 0.3 is 0 Å². The average Bonchev–Trinajstić information content (AvgIpc) is 2.30.